The molecule has 0 bridgehead atoms. The van der Waals surface area contributed by atoms with Crippen LogP contribution >= 0.6 is 22.7 Å². The lowest BCUT2D eigenvalue weighted by molar-refractivity contribution is -0.136. The van der Waals surface area contributed by atoms with Crippen LogP contribution in [0.25, 0.3) is 0 Å². The smallest absolute Gasteiger partial charge is 0.264 e. The van der Waals surface area contributed by atoms with Crippen LogP contribution in [0.3, 0.4) is 0 Å². The lowest BCUT2D eigenvalue weighted by Gasteiger charge is -2.38. The van der Waals surface area contributed by atoms with E-state index in [1.54, 1.807) is 16.2 Å². The molecule has 0 N–H and O–H groups in total. The van der Waals surface area contributed by atoms with Crippen LogP contribution < -0.4 is 4.74 Å². The predicted molar refractivity (Wildman–Crippen MR) is 130 cm³/mol. The van der Waals surface area contributed by atoms with Gasteiger partial charge in [-0.3, -0.25) is 9.59 Å². The summed E-state index contributed by atoms with van der Waals surface area (Å²) in [5.41, 5.74) is 1.16. The predicted octanol–water partition coefficient (Wildman–Crippen LogP) is 5.26. The molecule has 32 heavy (non-hydrogen) atoms. The van der Waals surface area contributed by atoms with Crippen LogP contribution in [-0.2, 0) is 11.2 Å². The molecule has 2 atom stereocenters. The molecule has 0 saturated carbocycles. The van der Waals surface area contributed by atoms with Gasteiger partial charge in [0.05, 0.1) is 10.9 Å². The highest BCUT2D eigenvalue weighted by molar-refractivity contribution is 7.12. The minimum Gasteiger partial charge on any atom is -0.491 e. The van der Waals surface area contributed by atoms with E-state index in [0.717, 1.165) is 24.2 Å². The Hall–Kier alpha value is -2.64. The summed E-state index contributed by atoms with van der Waals surface area (Å²) >= 11 is 3.15. The summed E-state index contributed by atoms with van der Waals surface area (Å²) in [6.45, 7) is 5.15. The van der Waals surface area contributed by atoms with Crippen molar-refractivity contribution in [2.24, 2.45) is 0 Å². The Kier molecular flexibility index (Phi) is 7.27. The number of benzene rings is 1. The van der Waals surface area contributed by atoms with Crippen molar-refractivity contribution < 1.29 is 14.3 Å². The minimum atomic E-state index is -0.159. The van der Waals surface area contributed by atoms with Gasteiger partial charge in [0.15, 0.2) is 0 Å². The van der Waals surface area contributed by atoms with E-state index in [-0.39, 0.29) is 30.4 Å². The van der Waals surface area contributed by atoms with Gasteiger partial charge in [-0.15, -0.1) is 22.7 Å². The molecule has 3 aromatic rings. The number of para-hydroxylation sites is 1. The van der Waals surface area contributed by atoms with E-state index in [4.69, 9.17) is 4.74 Å². The zero-order chi connectivity index (χ0) is 22.5. The monoisotopic (exact) mass is 468 g/mol. The molecule has 7 heteroatoms. The van der Waals surface area contributed by atoms with E-state index in [0.29, 0.717) is 18.0 Å². The summed E-state index contributed by atoms with van der Waals surface area (Å²) in [5.74, 6) is 0.679. The topological polar surface area (TPSA) is 49.9 Å². The van der Waals surface area contributed by atoms with Gasteiger partial charge in [-0.2, -0.15) is 0 Å². The van der Waals surface area contributed by atoms with Crippen LogP contribution in [0.15, 0.2) is 59.3 Å². The maximum Gasteiger partial charge on any atom is 0.264 e. The van der Waals surface area contributed by atoms with Gasteiger partial charge in [0.25, 0.3) is 5.91 Å². The van der Waals surface area contributed by atoms with Crippen molar-refractivity contribution in [3.8, 4) is 5.75 Å². The fraction of sp³-hybridized carbons (Fsp3) is 0.360. The van der Waals surface area contributed by atoms with E-state index in [1.165, 1.54) is 16.2 Å². The molecular weight excluding hydrogens is 440 g/mol. The number of fused-ring (bicyclic) bond motifs is 1. The molecular formula is C25H28N2O3S2. The second-order valence-electron chi connectivity index (χ2n) is 7.94. The molecule has 0 saturated heterocycles. The van der Waals surface area contributed by atoms with Crippen LogP contribution in [0, 0.1) is 0 Å². The Morgan fingerprint density at radius 3 is 2.66 bits per heavy atom. The summed E-state index contributed by atoms with van der Waals surface area (Å²) < 4.78 is 6.06. The van der Waals surface area contributed by atoms with Crippen LogP contribution in [0.1, 0.15) is 46.4 Å². The Bertz CT molecular complexity index is 1030. The number of rotatable bonds is 8. The Morgan fingerprint density at radius 1 is 1.12 bits per heavy atom. The first-order valence-corrected chi connectivity index (χ1v) is 12.7. The highest BCUT2D eigenvalue weighted by atomic mass is 32.1. The number of carbonyl (C=O) groups is 2. The maximum absolute atomic E-state index is 13.5. The van der Waals surface area contributed by atoms with E-state index in [9.17, 15) is 9.59 Å². The summed E-state index contributed by atoms with van der Waals surface area (Å²) in [4.78, 5) is 32.2. The molecule has 5 nitrogen and oxygen atoms in total. The van der Waals surface area contributed by atoms with Crippen molar-refractivity contribution >= 4 is 34.5 Å². The molecule has 3 heterocycles. The third kappa shape index (κ3) is 4.89. The lowest BCUT2D eigenvalue weighted by Crippen LogP contribution is -2.49. The van der Waals surface area contributed by atoms with Crippen LogP contribution in [-0.4, -0.2) is 47.4 Å². The third-order valence-corrected chi connectivity index (χ3v) is 7.84. The molecule has 0 radical (unpaired) electrons. The van der Waals surface area contributed by atoms with Gasteiger partial charge in [0, 0.05) is 17.5 Å². The molecule has 1 aliphatic rings. The fourth-order valence-corrected chi connectivity index (χ4v) is 5.60. The molecule has 2 unspecified atom stereocenters. The number of carbonyl (C=O) groups excluding carboxylic acids is 2. The first kappa shape index (κ1) is 22.6. The first-order valence-electron chi connectivity index (χ1n) is 11.0. The van der Waals surface area contributed by atoms with Crippen LogP contribution in [0.4, 0.5) is 0 Å². The van der Waals surface area contributed by atoms with Gasteiger partial charge < -0.3 is 14.5 Å². The second-order valence-corrected chi connectivity index (χ2v) is 9.89. The zero-order valence-electron chi connectivity index (χ0n) is 18.4. The number of hydrogen-bond donors (Lipinski definition) is 0. The molecule has 2 amide bonds. The molecule has 0 fully saturated rings. The molecule has 0 spiro atoms. The molecule has 1 aromatic carbocycles. The number of hydrogen-bond acceptors (Lipinski definition) is 5. The van der Waals surface area contributed by atoms with Crippen molar-refractivity contribution in [1.29, 1.82) is 0 Å². The maximum atomic E-state index is 13.5. The highest BCUT2D eigenvalue weighted by Gasteiger charge is 2.34. The molecule has 1 aliphatic heterocycles. The number of thiophene rings is 2. The fourth-order valence-electron chi connectivity index (χ4n) is 3.99. The Labute approximate surface area is 197 Å². The zero-order valence-corrected chi connectivity index (χ0v) is 20.0. The van der Waals surface area contributed by atoms with Crippen LogP contribution in [0.2, 0.25) is 0 Å². The largest absolute Gasteiger partial charge is 0.491 e. The normalized spacial score (nSPS) is 16.3. The third-order valence-electron chi connectivity index (χ3n) is 5.99. The summed E-state index contributed by atoms with van der Waals surface area (Å²) in [5, 5.41) is 3.98. The quantitative estimate of drug-likeness (QED) is 0.453. The van der Waals surface area contributed by atoms with Crippen molar-refractivity contribution in [3.05, 3.63) is 74.6 Å². The van der Waals surface area contributed by atoms with E-state index < -0.39 is 0 Å². The van der Waals surface area contributed by atoms with E-state index in [1.807, 2.05) is 66.6 Å². The number of nitrogens with zero attached hydrogens (tertiary/aromatic N) is 2. The van der Waals surface area contributed by atoms with Gasteiger partial charge in [-0.25, -0.2) is 0 Å². The van der Waals surface area contributed by atoms with Crippen LogP contribution in [0.5, 0.6) is 5.75 Å². The molecule has 0 aliphatic carbocycles. The molecule has 168 valence electrons. The van der Waals surface area contributed by atoms with E-state index >= 15 is 0 Å². The van der Waals surface area contributed by atoms with Gasteiger partial charge in [0.1, 0.15) is 18.9 Å². The average Bonchev–Trinajstić information content (AvgIpc) is 3.53. The van der Waals surface area contributed by atoms with Crippen molar-refractivity contribution in [3.63, 3.8) is 0 Å². The van der Waals surface area contributed by atoms with E-state index in [2.05, 4.69) is 11.4 Å². The van der Waals surface area contributed by atoms with Crippen molar-refractivity contribution in [1.82, 2.24) is 9.80 Å². The summed E-state index contributed by atoms with van der Waals surface area (Å²) in [6, 6.07) is 15.3. The van der Waals surface area contributed by atoms with Gasteiger partial charge in [-0.1, -0.05) is 31.2 Å². The van der Waals surface area contributed by atoms with Gasteiger partial charge >= 0.3 is 0 Å². The second kappa shape index (κ2) is 10.3. The standard InChI is InChI=1S/C25H28N2O3S2/c1-3-18(2)27(25(29)23-10-7-14-31-23)16-24(28)26-13-11-22-20(12-15-32-22)21(26)17-30-19-8-5-4-6-9-19/h4-10,12,14-15,18,21H,3,11,13,16-17H2,1-2H3. The molecule has 2 aromatic heterocycles. The number of amides is 2. The Morgan fingerprint density at radius 2 is 1.94 bits per heavy atom. The first-order chi connectivity index (χ1) is 15.6. The van der Waals surface area contributed by atoms with Crippen molar-refractivity contribution in [2.45, 2.75) is 38.8 Å². The summed E-state index contributed by atoms with van der Waals surface area (Å²) in [6.07, 6.45) is 1.63. The average molecular weight is 469 g/mol. The lowest BCUT2D eigenvalue weighted by atomic mass is 10.00. The minimum absolute atomic E-state index is 0.0194. The van der Waals surface area contributed by atoms with Gasteiger partial charge in [0.2, 0.25) is 5.91 Å². The SMILES string of the molecule is CCC(C)N(CC(=O)N1CCc2sccc2C1COc1ccccc1)C(=O)c1cccs1. The number of ether oxygens (including phenoxy) is 1. The van der Waals surface area contributed by atoms with Gasteiger partial charge in [-0.05, 0) is 60.4 Å². The Balaban J connectivity index is 1.53. The molecule has 4 rings (SSSR count). The summed E-state index contributed by atoms with van der Waals surface area (Å²) in [7, 11) is 0. The highest BCUT2D eigenvalue weighted by Crippen LogP contribution is 2.34. The van der Waals surface area contributed by atoms with Crippen molar-refractivity contribution in [2.75, 3.05) is 19.7 Å².